The van der Waals surface area contributed by atoms with Gasteiger partial charge in [0.25, 0.3) is 0 Å². The summed E-state index contributed by atoms with van der Waals surface area (Å²) in [7, 11) is 0. The number of aromatic nitrogens is 1. The van der Waals surface area contributed by atoms with E-state index < -0.39 is 5.60 Å². The molecule has 0 spiro atoms. The number of likely N-dealkylation sites (tertiary alicyclic amines) is 1. The van der Waals surface area contributed by atoms with Crippen LogP contribution in [-0.2, 0) is 11.2 Å². The van der Waals surface area contributed by atoms with E-state index in [1.807, 2.05) is 59.6 Å². The lowest BCUT2D eigenvalue weighted by molar-refractivity contribution is 0.0184. The van der Waals surface area contributed by atoms with E-state index >= 15 is 0 Å². The zero-order chi connectivity index (χ0) is 24.1. The number of ether oxygens (including phenoxy) is 1. The second-order valence-corrected chi connectivity index (χ2v) is 10.1. The predicted molar refractivity (Wildman–Crippen MR) is 139 cm³/mol. The molecule has 1 unspecified atom stereocenters. The molecule has 1 amide bonds. The minimum atomic E-state index is -0.439. The number of allylic oxidation sites excluding steroid dienone is 3. The number of piperidine rings is 1. The molecule has 1 aromatic heterocycles. The number of alkyl halides is 1. The molecule has 1 fully saturated rings. The summed E-state index contributed by atoms with van der Waals surface area (Å²) in [5.41, 5.74) is 0.676. The van der Waals surface area contributed by atoms with Crippen LogP contribution in [-0.4, -0.2) is 40.0 Å². The first-order valence-electron chi connectivity index (χ1n) is 11.9. The molecule has 1 atom stereocenters. The number of thioether (sulfide) groups is 1. The maximum atomic E-state index is 12.2. The van der Waals surface area contributed by atoms with E-state index in [1.165, 1.54) is 4.91 Å². The van der Waals surface area contributed by atoms with Crippen LogP contribution in [0.15, 0.2) is 46.4 Å². The Morgan fingerprint density at radius 1 is 1.19 bits per heavy atom. The summed E-state index contributed by atoms with van der Waals surface area (Å²) >= 11 is 7.88. The molecule has 1 aliphatic carbocycles. The van der Waals surface area contributed by atoms with Crippen molar-refractivity contribution in [3.05, 3.63) is 47.2 Å². The van der Waals surface area contributed by atoms with Gasteiger partial charge in [0.05, 0.1) is 5.38 Å². The third kappa shape index (κ3) is 10.4. The van der Waals surface area contributed by atoms with E-state index in [0.717, 1.165) is 49.4 Å². The van der Waals surface area contributed by atoms with Crippen molar-refractivity contribution < 1.29 is 9.53 Å². The number of carbonyl (C=O) groups is 1. The van der Waals surface area contributed by atoms with Gasteiger partial charge in [-0.25, -0.2) is 4.79 Å². The SMILES string of the molecule is CC.CC.CC(C)(C)OC(=O)N1CCC(Cc2ccc(SC3=CC(Cl)CC=C3)cn2)CC1. The van der Waals surface area contributed by atoms with Gasteiger partial charge in [-0.3, -0.25) is 4.98 Å². The molecule has 4 nitrogen and oxygen atoms in total. The highest BCUT2D eigenvalue weighted by Gasteiger charge is 2.27. The van der Waals surface area contributed by atoms with Gasteiger partial charge < -0.3 is 9.64 Å². The fourth-order valence-corrected chi connectivity index (χ4v) is 4.58. The second kappa shape index (κ2) is 14.6. The summed E-state index contributed by atoms with van der Waals surface area (Å²) in [6.07, 6.45) is 11.9. The van der Waals surface area contributed by atoms with Gasteiger partial charge in [0.15, 0.2) is 0 Å². The molecule has 1 aliphatic heterocycles. The highest BCUT2D eigenvalue weighted by Crippen LogP contribution is 2.31. The summed E-state index contributed by atoms with van der Waals surface area (Å²) in [6, 6.07) is 4.25. The summed E-state index contributed by atoms with van der Waals surface area (Å²) in [5, 5.41) is 0.0891. The average Bonchev–Trinajstić information content (AvgIpc) is 2.77. The van der Waals surface area contributed by atoms with Crippen LogP contribution in [0.25, 0.3) is 0 Å². The molecule has 0 aromatic carbocycles. The second-order valence-electron chi connectivity index (χ2n) is 8.43. The van der Waals surface area contributed by atoms with E-state index in [9.17, 15) is 4.79 Å². The number of halogens is 1. The van der Waals surface area contributed by atoms with Crippen molar-refractivity contribution in [2.24, 2.45) is 5.92 Å². The Morgan fingerprint density at radius 3 is 2.38 bits per heavy atom. The molecular formula is C26H41ClN2O2S. The molecule has 1 aromatic rings. The Morgan fingerprint density at radius 2 is 1.84 bits per heavy atom. The lowest BCUT2D eigenvalue weighted by atomic mass is 9.92. The van der Waals surface area contributed by atoms with Gasteiger partial charge in [0.2, 0.25) is 0 Å². The van der Waals surface area contributed by atoms with Crippen molar-refractivity contribution in [1.29, 1.82) is 0 Å². The molecule has 0 bridgehead atoms. The lowest BCUT2D eigenvalue weighted by Crippen LogP contribution is -2.42. The van der Waals surface area contributed by atoms with Gasteiger partial charge in [0.1, 0.15) is 5.60 Å². The Kier molecular flexibility index (Phi) is 13.1. The quantitative estimate of drug-likeness (QED) is 0.411. The Balaban J connectivity index is 0.00000121. The fraction of sp³-hybridized carbons (Fsp3) is 0.615. The standard InChI is InChI=1S/C22H29ClN2O2S.2C2H6/c1-22(2,3)27-21(26)25-11-9-16(10-12-25)13-18-7-8-20(15-24-18)28-19-6-4-5-17(23)14-19;2*1-2/h4,6-8,14-17H,5,9-13H2,1-3H3;2*1-2H3. The highest BCUT2D eigenvalue weighted by molar-refractivity contribution is 8.03. The zero-order valence-electron chi connectivity index (χ0n) is 20.9. The van der Waals surface area contributed by atoms with E-state index in [2.05, 4.69) is 35.3 Å². The number of amides is 1. The summed E-state index contributed by atoms with van der Waals surface area (Å²) < 4.78 is 5.47. The zero-order valence-corrected chi connectivity index (χ0v) is 22.4. The molecule has 6 heteroatoms. The Labute approximate surface area is 204 Å². The van der Waals surface area contributed by atoms with Crippen molar-refractivity contribution in [2.45, 2.75) is 90.0 Å². The van der Waals surface area contributed by atoms with Crippen LogP contribution in [0.3, 0.4) is 0 Å². The summed E-state index contributed by atoms with van der Waals surface area (Å²) in [6.45, 7) is 15.2. The molecule has 3 rings (SSSR count). The van der Waals surface area contributed by atoms with Crippen LogP contribution in [0.4, 0.5) is 4.79 Å². The normalized spacial score (nSPS) is 18.6. The smallest absolute Gasteiger partial charge is 0.410 e. The van der Waals surface area contributed by atoms with Gasteiger partial charge in [-0.2, -0.15) is 0 Å². The molecule has 0 radical (unpaired) electrons. The van der Waals surface area contributed by atoms with Crippen LogP contribution in [0.5, 0.6) is 0 Å². The monoisotopic (exact) mass is 480 g/mol. The summed E-state index contributed by atoms with van der Waals surface area (Å²) in [5.74, 6) is 0.561. The molecule has 0 N–H and O–H groups in total. The minimum Gasteiger partial charge on any atom is -0.444 e. The third-order valence-corrected chi connectivity index (χ3v) is 6.08. The van der Waals surface area contributed by atoms with E-state index in [0.29, 0.717) is 5.92 Å². The number of nitrogens with zero attached hydrogens (tertiary/aromatic N) is 2. The molecule has 32 heavy (non-hydrogen) atoms. The Hall–Kier alpha value is -1.46. The molecule has 2 aliphatic rings. The largest absolute Gasteiger partial charge is 0.444 e. The van der Waals surface area contributed by atoms with Gasteiger partial charge in [-0.15, -0.1) is 11.6 Å². The highest BCUT2D eigenvalue weighted by atomic mass is 35.5. The third-order valence-electron chi connectivity index (χ3n) is 4.79. The number of rotatable bonds is 4. The number of carbonyl (C=O) groups excluding carboxylic acids is 1. The first-order valence-corrected chi connectivity index (χ1v) is 13.2. The topological polar surface area (TPSA) is 42.4 Å². The van der Waals surface area contributed by atoms with Crippen LogP contribution >= 0.6 is 23.4 Å². The molecule has 0 saturated carbocycles. The minimum absolute atomic E-state index is 0.0891. The molecule has 1 saturated heterocycles. The van der Waals surface area contributed by atoms with Crippen molar-refractivity contribution in [3.8, 4) is 0 Å². The number of hydrogen-bond donors (Lipinski definition) is 0. The van der Waals surface area contributed by atoms with Gasteiger partial charge in [-0.05, 0) is 64.5 Å². The van der Waals surface area contributed by atoms with Gasteiger partial charge in [-0.1, -0.05) is 57.7 Å². The first-order chi connectivity index (χ1) is 15.3. The van der Waals surface area contributed by atoms with Crippen LogP contribution in [0.1, 0.15) is 73.4 Å². The van der Waals surface area contributed by atoms with Gasteiger partial charge in [0, 0.05) is 34.8 Å². The van der Waals surface area contributed by atoms with Gasteiger partial charge >= 0.3 is 6.09 Å². The van der Waals surface area contributed by atoms with Crippen LogP contribution in [0, 0.1) is 5.92 Å². The molecule has 2 heterocycles. The predicted octanol–water partition coefficient (Wildman–Crippen LogP) is 7.87. The van der Waals surface area contributed by atoms with E-state index in [-0.39, 0.29) is 11.5 Å². The number of hydrogen-bond acceptors (Lipinski definition) is 4. The molecule has 180 valence electrons. The van der Waals surface area contributed by atoms with Crippen molar-refractivity contribution in [1.82, 2.24) is 9.88 Å². The summed E-state index contributed by atoms with van der Waals surface area (Å²) in [4.78, 5) is 21.0. The maximum Gasteiger partial charge on any atom is 0.410 e. The molecular weight excluding hydrogens is 440 g/mol. The fourth-order valence-electron chi connectivity index (χ4n) is 3.35. The van der Waals surface area contributed by atoms with E-state index in [1.54, 1.807) is 11.8 Å². The average molecular weight is 481 g/mol. The van der Waals surface area contributed by atoms with Crippen LogP contribution in [0.2, 0.25) is 0 Å². The first kappa shape index (κ1) is 28.6. The van der Waals surface area contributed by atoms with E-state index in [4.69, 9.17) is 16.3 Å². The Bertz CT molecular complexity index is 733. The van der Waals surface area contributed by atoms with Crippen molar-refractivity contribution >= 4 is 29.5 Å². The maximum absolute atomic E-state index is 12.2. The van der Waals surface area contributed by atoms with Crippen molar-refractivity contribution in [2.75, 3.05) is 13.1 Å². The van der Waals surface area contributed by atoms with Crippen LogP contribution < -0.4 is 0 Å². The lowest BCUT2D eigenvalue weighted by Gasteiger charge is -2.33. The van der Waals surface area contributed by atoms with Crippen molar-refractivity contribution in [3.63, 3.8) is 0 Å². The number of pyridine rings is 1.